The first-order chi connectivity index (χ1) is 6.07. The molecule has 70 valence electrons. The van der Waals surface area contributed by atoms with Crippen molar-refractivity contribution in [2.75, 3.05) is 0 Å². The molecule has 0 atom stereocenters. The van der Waals surface area contributed by atoms with Crippen LogP contribution in [0.5, 0.6) is 5.75 Å². The molecule has 0 radical (unpaired) electrons. The zero-order chi connectivity index (χ0) is 10.0. The van der Waals surface area contributed by atoms with Crippen LogP contribution < -0.4 is 5.48 Å². The lowest BCUT2D eigenvalue weighted by Gasteiger charge is -2.03. The maximum atomic E-state index is 12.6. The molecule has 3 N–H and O–H groups in total. The normalized spacial score (nSPS) is 9.77. The van der Waals surface area contributed by atoms with Crippen molar-refractivity contribution >= 4 is 17.5 Å². The number of nitrogens with one attached hydrogen (secondary N) is 1. The summed E-state index contributed by atoms with van der Waals surface area (Å²) in [6, 6.07) is 1.91. The van der Waals surface area contributed by atoms with Gasteiger partial charge in [-0.1, -0.05) is 11.6 Å². The van der Waals surface area contributed by atoms with Gasteiger partial charge in [-0.2, -0.15) is 0 Å². The summed E-state index contributed by atoms with van der Waals surface area (Å²) in [6.45, 7) is 0. The van der Waals surface area contributed by atoms with Crippen LogP contribution in [-0.4, -0.2) is 16.2 Å². The minimum atomic E-state index is -0.959. The summed E-state index contributed by atoms with van der Waals surface area (Å²) in [6.07, 6.45) is 0. The number of phenols is 1. The van der Waals surface area contributed by atoms with Gasteiger partial charge in [-0.3, -0.25) is 10.0 Å². The standard InChI is InChI=1S/C7H5ClFNO3/c8-5-4(9)2-1-3(6(5)11)7(12)10-13/h1-2,11,13H,(H,10,12). The van der Waals surface area contributed by atoms with Crippen LogP contribution in [0.1, 0.15) is 10.4 Å². The Bertz CT molecular complexity index is 356. The lowest BCUT2D eigenvalue weighted by atomic mass is 10.2. The highest BCUT2D eigenvalue weighted by molar-refractivity contribution is 6.32. The zero-order valence-electron chi connectivity index (χ0n) is 6.21. The molecule has 13 heavy (non-hydrogen) atoms. The third-order valence-corrected chi connectivity index (χ3v) is 1.77. The Morgan fingerprint density at radius 1 is 1.54 bits per heavy atom. The van der Waals surface area contributed by atoms with Gasteiger partial charge in [-0.15, -0.1) is 0 Å². The molecule has 1 aromatic rings. The Hall–Kier alpha value is -1.33. The molecule has 0 aliphatic heterocycles. The Morgan fingerprint density at radius 3 is 2.69 bits per heavy atom. The number of carbonyl (C=O) groups excluding carboxylic acids is 1. The van der Waals surface area contributed by atoms with E-state index in [2.05, 4.69) is 0 Å². The van der Waals surface area contributed by atoms with Gasteiger partial charge in [0, 0.05) is 0 Å². The van der Waals surface area contributed by atoms with Gasteiger partial charge >= 0.3 is 0 Å². The quantitative estimate of drug-likeness (QED) is 0.478. The maximum Gasteiger partial charge on any atom is 0.278 e. The van der Waals surface area contributed by atoms with Crippen molar-refractivity contribution in [1.82, 2.24) is 5.48 Å². The summed E-state index contributed by atoms with van der Waals surface area (Å²) in [7, 11) is 0. The van der Waals surface area contributed by atoms with Crippen LogP contribution in [0, 0.1) is 5.82 Å². The summed E-state index contributed by atoms with van der Waals surface area (Å²) in [5, 5.41) is 16.8. The smallest absolute Gasteiger partial charge is 0.278 e. The molecule has 0 heterocycles. The number of rotatable bonds is 1. The van der Waals surface area contributed by atoms with Crippen molar-refractivity contribution in [3.05, 3.63) is 28.5 Å². The number of carbonyl (C=O) groups is 1. The van der Waals surface area contributed by atoms with Crippen molar-refractivity contribution in [3.63, 3.8) is 0 Å². The van der Waals surface area contributed by atoms with Crippen LogP contribution in [0.15, 0.2) is 12.1 Å². The summed E-state index contributed by atoms with van der Waals surface area (Å²) in [5.41, 5.74) is 0.991. The predicted octanol–water partition coefficient (Wildman–Crippen LogP) is 1.30. The van der Waals surface area contributed by atoms with Crippen LogP contribution >= 0.6 is 11.6 Å². The molecule has 4 nitrogen and oxygen atoms in total. The van der Waals surface area contributed by atoms with Crippen molar-refractivity contribution in [1.29, 1.82) is 0 Å². The van der Waals surface area contributed by atoms with Crippen molar-refractivity contribution in [2.45, 2.75) is 0 Å². The third kappa shape index (κ3) is 1.71. The largest absolute Gasteiger partial charge is 0.505 e. The van der Waals surface area contributed by atoms with E-state index < -0.39 is 22.5 Å². The second kappa shape index (κ2) is 3.59. The molecule has 0 aliphatic rings. The summed E-state index contributed by atoms with van der Waals surface area (Å²) < 4.78 is 12.6. The highest BCUT2D eigenvalue weighted by Gasteiger charge is 2.15. The fourth-order valence-electron chi connectivity index (χ4n) is 0.783. The van der Waals surface area contributed by atoms with Gasteiger partial charge in [0.05, 0.1) is 5.56 Å². The fraction of sp³-hybridized carbons (Fsp3) is 0. The number of hydroxylamine groups is 1. The summed E-state index contributed by atoms with van der Waals surface area (Å²) >= 11 is 5.30. The third-order valence-electron chi connectivity index (χ3n) is 1.42. The molecular weight excluding hydrogens is 201 g/mol. The molecule has 0 fully saturated rings. The van der Waals surface area contributed by atoms with E-state index >= 15 is 0 Å². The number of hydrogen-bond donors (Lipinski definition) is 3. The van der Waals surface area contributed by atoms with Crippen LogP contribution in [-0.2, 0) is 0 Å². The second-order valence-corrected chi connectivity index (χ2v) is 2.58. The molecule has 0 saturated heterocycles. The van der Waals surface area contributed by atoms with Crippen molar-refractivity contribution in [2.24, 2.45) is 0 Å². The number of aromatic hydroxyl groups is 1. The minimum absolute atomic E-state index is 0.297. The van der Waals surface area contributed by atoms with E-state index in [9.17, 15) is 9.18 Å². The number of halogens is 2. The zero-order valence-corrected chi connectivity index (χ0v) is 6.97. The second-order valence-electron chi connectivity index (χ2n) is 2.20. The lowest BCUT2D eigenvalue weighted by Crippen LogP contribution is -2.18. The number of phenolic OH excluding ortho intramolecular Hbond substituents is 1. The van der Waals surface area contributed by atoms with E-state index in [4.69, 9.17) is 21.9 Å². The number of amides is 1. The van der Waals surface area contributed by atoms with E-state index in [1.54, 1.807) is 0 Å². The predicted molar refractivity (Wildman–Crippen MR) is 42.3 cm³/mol. The summed E-state index contributed by atoms with van der Waals surface area (Å²) in [5.74, 6) is -2.50. The SMILES string of the molecule is O=C(NO)c1ccc(F)c(Cl)c1O. The molecule has 1 rings (SSSR count). The van der Waals surface area contributed by atoms with Crippen LogP contribution in [0.4, 0.5) is 4.39 Å². The number of hydrogen-bond acceptors (Lipinski definition) is 3. The van der Waals surface area contributed by atoms with Crippen LogP contribution in [0.2, 0.25) is 5.02 Å². The molecular formula is C7H5ClFNO3. The lowest BCUT2D eigenvalue weighted by molar-refractivity contribution is 0.0703. The Balaban J connectivity index is 3.26. The molecule has 0 aromatic heterocycles. The monoisotopic (exact) mass is 205 g/mol. The van der Waals surface area contributed by atoms with Gasteiger partial charge in [0.2, 0.25) is 0 Å². The van der Waals surface area contributed by atoms with E-state index in [0.717, 1.165) is 12.1 Å². The Labute approximate surface area is 77.5 Å². The van der Waals surface area contributed by atoms with E-state index in [0.29, 0.717) is 0 Å². The first-order valence-electron chi connectivity index (χ1n) is 3.19. The van der Waals surface area contributed by atoms with E-state index in [-0.39, 0.29) is 5.56 Å². The molecule has 1 amide bonds. The van der Waals surface area contributed by atoms with Crippen LogP contribution in [0.3, 0.4) is 0 Å². The topological polar surface area (TPSA) is 69.6 Å². The van der Waals surface area contributed by atoms with Gasteiger partial charge in [0.15, 0.2) is 0 Å². The first kappa shape index (κ1) is 9.76. The van der Waals surface area contributed by atoms with Crippen LogP contribution in [0.25, 0.3) is 0 Å². The number of benzene rings is 1. The average molecular weight is 206 g/mol. The average Bonchev–Trinajstić information content (AvgIpc) is 2.13. The van der Waals surface area contributed by atoms with Gasteiger partial charge in [-0.25, -0.2) is 9.87 Å². The van der Waals surface area contributed by atoms with Crippen molar-refractivity contribution < 1.29 is 19.5 Å². The van der Waals surface area contributed by atoms with Gasteiger partial charge in [-0.05, 0) is 12.1 Å². The first-order valence-corrected chi connectivity index (χ1v) is 3.57. The van der Waals surface area contributed by atoms with Gasteiger partial charge < -0.3 is 5.11 Å². The molecule has 0 aliphatic carbocycles. The molecule has 0 bridgehead atoms. The van der Waals surface area contributed by atoms with E-state index in [1.807, 2.05) is 0 Å². The summed E-state index contributed by atoms with van der Waals surface area (Å²) in [4.78, 5) is 10.8. The molecule has 0 saturated carbocycles. The highest BCUT2D eigenvalue weighted by Crippen LogP contribution is 2.29. The molecule has 6 heteroatoms. The Kier molecular flexibility index (Phi) is 2.69. The Morgan fingerprint density at radius 2 is 2.15 bits per heavy atom. The minimum Gasteiger partial charge on any atom is -0.505 e. The molecule has 1 aromatic carbocycles. The maximum absolute atomic E-state index is 12.6. The van der Waals surface area contributed by atoms with E-state index in [1.165, 1.54) is 5.48 Å². The molecule has 0 spiro atoms. The van der Waals surface area contributed by atoms with Gasteiger partial charge in [0.25, 0.3) is 5.91 Å². The van der Waals surface area contributed by atoms with Gasteiger partial charge in [0.1, 0.15) is 16.6 Å². The highest BCUT2D eigenvalue weighted by atomic mass is 35.5. The fourth-order valence-corrected chi connectivity index (χ4v) is 0.948. The van der Waals surface area contributed by atoms with Crippen molar-refractivity contribution in [3.8, 4) is 5.75 Å². The molecule has 0 unspecified atom stereocenters.